The molecule has 180 valence electrons. The first-order valence-corrected chi connectivity index (χ1v) is 10.8. The molecule has 2 N–H and O–H groups in total. The van der Waals surface area contributed by atoms with Gasteiger partial charge >= 0.3 is 5.97 Å². The molecule has 1 aliphatic heterocycles. The van der Waals surface area contributed by atoms with Crippen LogP contribution in [0.5, 0.6) is 11.5 Å². The van der Waals surface area contributed by atoms with Crippen LogP contribution in [0.2, 0.25) is 0 Å². The van der Waals surface area contributed by atoms with E-state index in [0.29, 0.717) is 55.3 Å². The van der Waals surface area contributed by atoms with Crippen molar-refractivity contribution < 1.29 is 28.5 Å². The molecule has 34 heavy (non-hydrogen) atoms. The minimum atomic E-state index is -1.05. The molecule has 0 radical (unpaired) electrons. The van der Waals surface area contributed by atoms with E-state index in [-0.39, 0.29) is 17.7 Å². The third-order valence-corrected chi connectivity index (χ3v) is 5.85. The number of aromatic amines is 1. The Bertz CT molecular complexity index is 1310. The average molecular weight is 470 g/mol. The van der Waals surface area contributed by atoms with Gasteiger partial charge in [0.05, 0.1) is 46.3 Å². The summed E-state index contributed by atoms with van der Waals surface area (Å²) < 4.78 is 21.4. The Hall–Kier alpha value is -3.63. The first-order chi connectivity index (χ1) is 16.4. The molecule has 1 aromatic carbocycles. The van der Waals surface area contributed by atoms with Gasteiger partial charge < -0.3 is 28.7 Å². The van der Waals surface area contributed by atoms with E-state index in [4.69, 9.17) is 18.6 Å². The number of nitrogens with zero attached hydrogens (tertiary/aromatic N) is 1. The van der Waals surface area contributed by atoms with E-state index in [0.717, 1.165) is 0 Å². The van der Waals surface area contributed by atoms with Crippen LogP contribution in [0.25, 0.3) is 10.9 Å². The lowest BCUT2D eigenvalue weighted by molar-refractivity contribution is -0.140. The monoisotopic (exact) mass is 470 g/mol. The molecular formula is C24H26N2O8. The molecule has 4 rings (SSSR count). The van der Waals surface area contributed by atoms with Gasteiger partial charge in [0.1, 0.15) is 11.5 Å². The lowest BCUT2D eigenvalue weighted by Crippen LogP contribution is -2.35. The summed E-state index contributed by atoms with van der Waals surface area (Å²) >= 11 is 0. The van der Waals surface area contributed by atoms with Gasteiger partial charge in [-0.25, -0.2) is 0 Å². The van der Waals surface area contributed by atoms with Crippen molar-refractivity contribution in [2.24, 2.45) is 0 Å². The van der Waals surface area contributed by atoms with E-state index in [1.165, 1.54) is 20.3 Å². The van der Waals surface area contributed by atoms with E-state index < -0.39 is 28.6 Å². The number of ether oxygens (including phenoxy) is 3. The first kappa shape index (κ1) is 23.5. The second-order valence-electron chi connectivity index (χ2n) is 8.02. The molecule has 1 aliphatic rings. The minimum absolute atomic E-state index is 0.146. The Labute approximate surface area is 194 Å². The SMILES string of the molecule is COC(=O)C[C@@H](c1oc(CN2CCOCC2)cc(=O)c1O)c1cc2cc(OC)ccc2[nH]c1=O. The maximum Gasteiger partial charge on any atom is 0.306 e. The molecule has 3 aromatic rings. The zero-order valence-corrected chi connectivity index (χ0v) is 19.0. The number of esters is 1. The molecule has 0 saturated carbocycles. The maximum atomic E-state index is 13.0. The number of hydrogen-bond donors (Lipinski definition) is 2. The van der Waals surface area contributed by atoms with E-state index in [2.05, 4.69) is 4.98 Å². The van der Waals surface area contributed by atoms with Crippen molar-refractivity contribution in [2.45, 2.75) is 18.9 Å². The predicted molar refractivity (Wildman–Crippen MR) is 122 cm³/mol. The zero-order valence-electron chi connectivity index (χ0n) is 19.0. The van der Waals surface area contributed by atoms with Gasteiger partial charge in [-0.1, -0.05) is 0 Å². The van der Waals surface area contributed by atoms with Crippen LogP contribution in [-0.4, -0.2) is 61.5 Å². The normalized spacial score (nSPS) is 15.2. The first-order valence-electron chi connectivity index (χ1n) is 10.8. The lowest BCUT2D eigenvalue weighted by Gasteiger charge is -2.26. The molecular weight excluding hydrogens is 444 g/mol. The van der Waals surface area contributed by atoms with Crippen LogP contribution in [0.3, 0.4) is 0 Å². The number of carbonyl (C=O) groups is 1. The van der Waals surface area contributed by atoms with Gasteiger partial charge in [0.15, 0.2) is 5.76 Å². The molecule has 1 saturated heterocycles. The molecule has 0 spiro atoms. The van der Waals surface area contributed by atoms with Crippen molar-refractivity contribution in [1.82, 2.24) is 9.88 Å². The summed E-state index contributed by atoms with van der Waals surface area (Å²) in [4.78, 5) is 42.7. The highest BCUT2D eigenvalue weighted by Crippen LogP contribution is 2.33. The smallest absolute Gasteiger partial charge is 0.306 e. The molecule has 0 amide bonds. The van der Waals surface area contributed by atoms with Crippen LogP contribution >= 0.6 is 0 Å². The minimum Gasteiger partial charge on any atom is -0.502 e. The molecule has 2 aromatic heterocycles. The van der Waals surface area contributed by atoms with Gasteiger partial charge in [-0.3, -0.25) is 19.3 Å². The third-order valence-electron chi connectivity index (χ3n) is 5.85. The van der Waals surface area contributed by atoms with E-state index >= 15 is 0 Å². The lowest BCUT2D eigenvalue weighted by atomic mass is 9.92. The molecule has 10 heteroatoms. The molecule has 1 fully saturated rings. The number of aromatic hydroxyl groups is 1. The third kappa shape index (κ3) is 4.97. The van der Waals surface area contributed by atoms with Gasteiger partial charge in [0.2, 0.25) is 11.2 Å². The summed E-state index contributed by atoms with van der Waals surface area (Å²) in [6.45, 7) is 2.78. The van der Waals surface area contributed by atoms with Crippen molar-refractivity contribution in [2.75, 3.05) is 40.5 Å². The largest absolute Gasteiger partial charge is 0.502 e. The Morgan fingerprint density at radius 2 is 1.94 bits per heavy atom. The zero-order chi connectivity index (χ0) is 24.2. The van der Waals surface area contributed by atoms with Crippen LogP contribution in [0.15, 0.2) is 44.3 Å². The number of methoxy groups -OCH3 is 2. The predicted octanol–water partition coefficient (Wildman–Crippen LogP) is 1.72. The van der Waals surface area contributed by atoms with Crippen molar-refractivity contribution in [3.63, 3.8) is 0 Å². The quantitative estimate of drug-likeness (QED) is 0.496. The highest BCUT2D eigenvalue weighted by molar-refractivity contribution is 5.81. The van der Waals surface area contributed by atoms with Crippen molar-refractivity contribution in [3.8, 4) is 11.5 Å². The summed E-state index contributed by atoms with van der Waals surface area (Å²) in [6, 6.07) is 7.96. The maximum absolute atomic E-state index is 13.0. The van der Waals surface area contributed by atoms with Crippen LogP contribution in [0.4, 0.5) is 0 Å². The highest BCUT2D eigenvalue weighted by atomic mass is 16.5. The van der Waals surface area contributed by atoms with E-state index in [1.807, 2.05) is 4.90 Å². The highest BCUT2D eigenvalue weighted by Gasteiger charge is 2.29. The second kappa shape index (κ2) is 10.1. The number of rotatable bonds is 7. The van der Waals surface area contributed by atoms with Gasteiger partial charge in [0.25, 0.3) is 5.56 Å². The fraction of sp³-hybridized carbons (Fsp3) is 0.375. The second-order valence-corrected chi connectivity index (χ2v) is 8.02. The Morgan fingerprint density at radius 1 is 1.18 bits per heavy atom. The van der Waals surface area contributed by atoms with E-state index in [9.17, 15) is 19.5 Å². The summed E-state index contributed by atoms with van der Waals surface area (Å²) in [5.41, 5.74) is -0.420. The molecule has 0 unspecified atom stereocenters. The number of morpholine rings is 1. The van der Waals surface area contributed by atoms with Crippen molar-refractivity contribution >= 4 is 16.9 Å². The van der Waals surface area contributed by atoms with Crippen LogP contribution in [0, 0.1) is 0 Å². The summed E-state index contributed by atoms with van der Waals surface area (Å²) in [5.74, 6) is -1.59. The van der Waals surface area contributed by atoms with Crippen LogP contribution < -0.4 is 15.7 Å². The number of nitrogens with one attached hydrogen (secondary N) is 1. The van der Waals surface area contributed by atoms with Crippen LogP contribution in [0.1, 0.15) is 29.4 Å². The van der Waals surface area contributed by atoms with Gasteiger partial charge in [-0.2, -0.15) is 0 Å². The number of hydrogen-bond acceptors (Lipinski definition) is 9. The van der Waals surface area contributed by atoms with E-state index in [1.54, 1.807) is 24.3 Å². The molecule has 1 atom stereocenters. The van der Waals surface area contributed by atoms with Gasteiger partial charge in [-0.15, -0.1) is 0 Å². The summed E-state index contributed by atoms with van der Waals surface area (Å²) in [5, 5.41) is 11.3. The van der Waals surface area contributed by atoms with Gasteiger partial charge in [0, 0.05) is 35.6 Å². The number of aromatic nitrogens is 1. The number of fused-ring (bicyclic) bond motifs is 1. The topological polar surface area (TPSA) is 131 Å². The number of pyridine rings is 1. The fourth-order valence-corrected chi connectivity index (χ4v) is 4.03. The standard InChI is InChI=1S/C24H26N2O8/c1-31-15-3-4-19-14(9-15)10-18(24(30)25-19)17(12-21(28)32-2)23-22(29)20(27)11-16(34-23)13-26-5-7-33-8-6-26/h3-4,9-11,17,29H,5-8,12-13H2,1-2H3,(H,25,30)/t17-/m1/s1. The number of carbonyl (C=O) groups excluding carboxylic acids is 1. The Morgan fingerprint density at radius 3 is 2.65 bits per heavy atom. The van der Waals surface area contributed by atoms with Crippen LogP contribution in [-0.2, 0) is 20.8 Å². The molecule has 0 aliphatic carbocycles. The summed E-state index contributed by atoms with van der Waals surface area (Å²) in [6.07, 6.45) is -0.313. The average Bonchev–Trinajstić information content (AvgIpc) is 2.84. The number of H-pyrrole nitrogens is 1. The van der Waals surface area contributed by atoms with Crippen molar-refractivity contribution in [3.05, 3.63) is 68.0 Å². The fourth-order valence-electron chi connectivity index (χ4n) is 4.03. The van der Waals surface area contributed by atoms with Gasteiger partial charge in [-0.05, 0) is 24.3 Å². The Balaban J connectivity index is 1.83. The van der Waals surface area contributed by atoms with Crippen molar-refractivity contribution in [1.29, 1.82) is 0 Å². The summed E-state index contributed by atoms with van der Waals surface area (Å²) in [7, 11) is 2.75. The molecule has 10 nitrogen and oxygen atoms in total. The number of benzene rings is 1. The molecule has 3 heterocycles. The Kier molecular flexibility index (Phi) is 6.99. The molecule has 0 bridgehead atoms.